The lowest BCUT2D eigenvalue weighted by atomic mass is 9.87. The number of nitrogens with zero attached hydrogens (tertiary/aromatic N) is 1. The van der Waals surface area contributed by atoms with E-state index in [0.29, 0.717) is 27.1 Å². The maximum absolute atomic E-state index is 11.9. The number of nitrogens with one attached hydrogen (secondary N) is 1. The molecule has 0 aliphatic heterocycles. The van der Waals surface area contributed by atoms with Crippen LogP contribution in [0.3, 0.4) is 0 Å². The standard InChI is InChI=1S/C20H22Cl2N2O2/c1-13(17-11-15(21)7-10-18(17)22)23-24-19(25)12-26-16-8-5-14(6-9-16)20(2,3)4/h5-11H,12H2,1-4H3,(H,24,25)/b23-13-. The highest BCUT2D eigenvalue weighted by Crippen LogP contribution is 2.24. The van der Waals surface area contributed by atoms with Gasteiger partial charge in [0.25, 0.3) is 5.91 Å². The Morgan fingerprint density at radius 2 is 1.77 bits per heavy atom. The van der Waals surface area contributed by atoms with Crippen LogP contribution in [-0.4, -0.2) is 18.2 Å². The lowest BCUT2D eigenvalue weighted by molar-refractivity contribution is -0.123. The highest BCUT2D eigenvalue weighted by molar-refractivity contribution is 6.36. The minimum absolute atomic E-state index is 0.0732. The monoisotopic (exact) mass is 392 g/mol. The topological polar surface area (TPSA) is 50.7 Å². The van der Waals surface area contributed by atoms with Crippen LogP contribution in [-0.2, 0) is 10.2 Å². The molecule has 0 aromatic heterocycles. The molecule has 0 aliphatic rings. The Balaban J connectivity index is 1.91. The summed E-state index contributed by atoms with van der Waals surface area (Å²) in [6.07, 6.45) is 0. The molecule has 2 aromatic carbocycles. The van der Waals surface area contributed by atoms with Crippen LogP contribution in [0.5, 0.6) is 5.75 Å². The molecule has 0 bridgehead atoms. The molecule has 138 valence electrons. The Morgan fingerprint density at radius 3 is 2.38 bits per heavy atom. The fourth-order valence-corrected chi connectivity index (χ4v) is 2.64. The van der Waals surface area contributed by atoms with Gasteiger partial charge >= 0.3 is 0 Å². The van der Waals surface area contributed by atoms with E-state index in [1.807, 2.05) is 24.3 Å². The van der Waals surface area contributed by atoms with Gasteiger partial charge < -0.3 is 4.74 Å². The van der Waals surface area contributed by atoms with E-state index in [9.17, 15) is 4.79 Å². The number of benzene rings is 2. The van der Waals surface area contributed by atoms with Gasteiger partial charge in [-0.05, 0) is 48.2 Å². The quantitative estimate of drug-likeness (QED) is 0.560. The number of hydrogen-bond donors (Lipinski definition) is 1. The van der Waals surface area contributed by atoms with Gasteiger partial charge in [0.2, 0.25) is 0 Å². The first kappa shape index (κ1) is 20.3. The molecule has 4 nitrogen and oxygen atoms in total. The van der Waals surface area contributed by atoms with Crippen molar-refractivity contribution in [3.63, 3.8) is 0 Å². The van der Waals surface area contributed by atoms with Gasteiger partial charge in [-0.15, -0.1) is 0 Å². The maximum Gasteiger partial charge on any atom is 0.277 e. The normalized spacial score (nSPS) is 12.0. The van der Waals surface area contributed by atoms with Crippen molar-refractivity contribution in [3.05, 3.63) is 63.6 Å². The number of rotatable bonds is 5. The van der Waals surface area contributed by atoms with Gasteiger partial charge in [0.05, 0.1) is 5.71 Å². The number of halogens is 2. The lowest BCUT2D eigenvalue weighted by Crippen LogP contribution is -2.25. The number of carbonyl (C=O) groups excluding carboxylic acids is 1. The summed E-state index contributed by atoms with van der Waals surface area (Å²) >= 11 is 12.1. The van der Waals surface area contributed by atoms with Crippen molar-refractivity contribution in [1.82, 2.24) is 5.43 Å². The minimum atomic E-state index is -0.359. The fraction of sp³-hybridized carbons (Fsp3) is 0.300. The van der Waals surface area contributed by atoms with Crippen LogP contribution < -0.4 is 10.2 Å². The van der Waals surface area contributed by atoms with Gasteiger partial charge in [-0.25, -0.2) is 5.43 Å². The second-order valence-corrected chi connectivity index (χ2v) is 7.76. The highest BCUT2D eigenvalue weighted by Gasteiger charge is 2.13. The Labute approximate surface area is 164 Å². The molecule has 2 aromatic rings. The predicted octanol–water partition coefficient (Wildman–Crippen LogP) is 5.21. The zero-order chi connectivity index (χ0) is 19.3. The molecule has 0 spiro atoms. The number of hydrazone groups is 1. The lowest BCUT2D eigenvalue weighted by Gasteiger charge is -2.19. The van der Waals surface area contributed by atoms with Crippen molar-refractivity contribution in [2.45, 2.75) is 33.1 Å². The summed E-state index contributed by atoms with van der Waals surface area (Å²) < 4.78 is 5.49. The van der Waals surface area contributed by atoms with E-state index in [0.717, 1.165) is 0 Å². The number of carbonyl (C=O) groups is 1. The summed E-state index contributed by atoms with van der Waals surface area (Å²) in [4.78, 5) is 11.9. The third-order valence-corrected chi connectivity index (χ3v) is 4.32. The van der Waals surface area contributed by atoms with Crippen molar-refractivity contribution < 1.29 is 9.53 Å². The number of hydrogen-bond acceptors (Lipinski definition) is 3. The van der Waals surface area contributed by atoms with Gasteiger partial charge in [-0.1, -0.05) is 56.1 Å². The zero-order valence-electron chi connectivity index (χ0n) is 15.3. The first-order valence-corrected chi connectivity index (χ1v) is 8.94. The molecule has 0 saturated heterocycles. The molecular formula is C20H22Cl2N2O2. The van der Waals surface area contributed by atoms with E-state index in [-0.39, 0.29) is 17.9 Å². The van der Waals surface area contributed by atoms with E-state index < -0.39 is 0 Å². The second-order valence-electron chi connectivity index (χ2n) is 6.92. The van der Waals surface area contributed by atoms with Crippen molar-refractivity contribution in [2.24, 2.45) is 5.10 Å². The van der Waals surface area contributed by atoms with Gasteiger partial charge in [0.1, 0.15) is 5.75 Å². The van der Waals surface area contributed by atoms with Crippen LogP contribution in [0.2, 0.25) is 10.0 Å². The molecule has 1 amide bonds. The molecule has 1 N–H and O–H groups in total. The maximum atomic E-state index is 11.9. The number of ether oxygens (including phenoxy) is 1. The molecule has 0 fully saturated rings. The van der Waals surface area contributed by atoms with Crippen molar-refractivity contribution >= 4 is 34.8 Å². The van der Waals surface area contributed by atoms with Crippen molar-refractivity contribution in [1.29, 1.82) is 0 Å². The zero-order valence-corrected chi connectivity index (χ0v) is 16.8. The first-order valence-electron chi connectivity index (χ1n) is 8.19. The summed E-state index contributed by atoms with van der Waals surface area (Å²) in [5.74, 6) is 0.272. The summed E-state index contributed by atoms with van der Waals surface area (Å²) in [5, 5.41) is 5.11. The number of amides is 1. The average Bonchev–Trinajstić information content (AvgIpc) is 2.59. The first-order chi connectivity index (χ1) is 12.2. The molecule has 0 atom stereocenters. The molecule has 0 radical (unpaired) electrons. The van der Waals surface area contributed by atoms with Gasteiger partial charge in [-0.2, -0.15) is 5.10 Å². The molecule has 6 heteroatoms. The van der Waals surface area contributed by atoms with E-state index in [1.165, 1.54) is 5.56 Å². The third kappa shape index (κ3) is 5.75. The average molecular weight is 393 g/mol. The molecular weight excluding hydrogens is 371 g/mol. The van der Waals surface area contributed by atoms with Crippen LogP contribution in [0.25, 0.3) is 0 Å². The Hall–Kier alpha value is -2.04. The van der Waals surface area contributed by atoms with Crippen LogP contribution in [0, 0.1) is 0 Å². The molecule has 26 heavy (non-hydrogen) atoms. The Bertz CT molecular complexity index is 810. The second kappa shape index (κ2) is 8.56. The summed E-state index contributed by atoms with van der Waals surface area (Å²) in [5.41, 5.74) is 4.95. The fourth-order valence-electron chi connectivity index (χ4n) is 2.21. The molecule has 0 saturated carbocycles. The van der Waals surface area contributed by atoms with E-state index in [2.05, 4.69) is 31.3 Å². The van der Waals surface area contributed by atoms with Gasteiger partial charge in [-0.3, -0.25) is 4.79 Å². The molecule has 0 heterocycles. The molecule has 2 rings (SSSR count). The van der Waals surface area contributed by atoms with Crippen molar-refractivity contribution in [3.8, 4) is 5.75 Å². The van der Waals surface area contributed by atoms with Crippen molar-refractivity contribution in [2.75, 3.05) is 6.61 Å². The highest BCUT2D eigenvalue weighted by atomic mass is 35.5. The third-order valence-electron chi connectivity index (χ3n) is 3.76. The summed E-state index contributed by atoms with van der Waals surface area (Å²) in [7, 11) is 0. The van der Waals surface area contributed by atoms with E-state index in [1.54, 1.807) is 25.1 Å². The minimum Gasteiger partial charge on any atom is -0.484 e. The van der Waals surface area contributed by atoms with E-state index >= 15 is 0 Å². The van der Waals surface area contributed by atoms with Gasteiger partial charge in [0, 0.05) is 15.6 Å². The summed E-state index contributed by atoms with van der Waals surface area (Å²) in [6, 6.07) is 12.8. The van der Waals surface area contributed by atoms with Crippen LogP contribution in [0.4, 0.5) is 0 Å². The van der Waals surface area contributed by atoms with Crippen LogP contribution >= 0.6 is 23.2 Å². The largest absolute Gasteiger partial charge is 0.484 e. The van der Waals surface area contributed by atoms with Crippen LogP contribution in [0.1, 0.15) is 38.8 Å². The SMILES string of the molecule is C/C(=N/NC(=O)COc1ccc(C(C)(C)C)cc1)c1cc(Cl)ccc1Cl. The molecule has 0 aliphatic carbocycles. The smallest absolute Gasteiger partial charge is 0.277 e. The van der Waals surface area contributed by atoms with Crippen LogP contribution in [0.15, 0.2) is 47.6 Å². The Morgan fingerprint density at radius 1 is 1.12 bits per heavy atom. The summed E-state index contributed by atoms with van der Waals surface area (Å²) in [6.45, 7) is 8.04. The Kier molecular flexibility index (Phi) is 6.68. The van der Waals surface area contributed by atoms with Gasteiger partial charge in [0.15, 0.2) is 6.61 Å². The molecule has 0 unspecified atom stereocenters. The van der Waals surface area contributed by atoms with E-state index in [4.69, 9.17) is 27.9 Å². The predicted molar refractivity (Wildman–Crippen MR) is 107 cm³/mol.